The summed E-state index contributed by atoms with van der Waals surface area (Å²) in [6.45, 7) is 5.95. The predicted molar refractivity (Wildman–Crippen MR) is 110 cm³/mol. The number of phenolic OH excluding ortho intramolecular Hbond substituents is 1. The van der Waals surface area contributed by atoms with Crippen LogP contribution < -0.4 is 9.62 Å². The van der Waals surface area contributed by atoms with Gasteiger partial charge in [-0.25, -0.2) is 17.8 Å². The zero-order valence-corrected chi connectivity index (χ0v) is 17.8. The van der Waals surface area contributed by atoms with Crippen molar-refractivity contribution in [3.63, 3.8) is 0 Å². The molecule has 9 heteroatoms. The molecule has 1 aliphatic rings. The highest BCUT2D eigenvalue weighted by molar-refractivity contribution is 7.92. The molecular formula is C20H25FN3O4S+. The molecule has 0 saturated carbocycles. The van der Waals surface area contributed by atoms with Crippen molar-refractivity contribution in [2.45, 2.75) is 27.2 Å². The molecule has 156 valence electrons. The van der Waals surface area contributed by atoms with Crippen LogP contribution >= 0.6 is 0 Å². The molecule has 0 radical (unpaired) electrons. The third-order valence-electron chi connectivity index (χ3n) is 4.26. The van der Waals surface area contributed by atoms with Crippen molar-refractivity contribution in [3.8, 4) is 5.75 Å². The lowest BCUT2D eigenvalue weighted by Gasteiger charge is -2.11. The number of pyridine rings is 1. The topological polar surface area (TPSA) is 101 Å². The van der Waals surface area contributed by atoms with E-state index in [1.165, 1.54) is 0 Å². The Labute approximate surface area is 169 Å². The molecular weight excluding hydrogens is 397 g/mol. The fourth-order valence-corrected chi connectivity index (χ4v) is 3.52. The van der Waals surface area contributed by atoms with Gasteiger partial charge < -0.3 is 5.11 Å². The quantitative estimate of drug-likeness (QED) is 0.507. The minimum Gasteiger partial charge on any atom is -0.507 e. The molecule has 0 spiro atoms. The van der Waals surface area contributed by atoms with Crippen molar-refractivity contribution in [1.82, 2.24) is 4.98 Å². The highest BCUT2D eigenvalue weighted by Gasteiger charge is 2.33. The van der Waals surface area contributed by atoms with E-state index in [9.17, 15) is 22.7 Å². The van der Waals surface area contributed by atoms with Gasteiger partial charge in [0.2, 0.25) is 21.6 Å². The molecule has 1 aromatic heterocycles. The number of sulfonamides is 1. The average molecular weight is 423 g/mol. The molecule has 0 saturated heterocycles. The first kappa shape index (κ1) is 22.5. The second kappa shape index (κ2) is 8.71. The van der Waals surface area contributed by atoms with Crippen LogP contribution in [0, 0.1) is 5.82 Å². The first-order valence-electron chi connectivity index (χ1n) is 9.21. The van der Waals surface area contributed by atoms with Gasteiger partial charge in [-0.15, -0.1) is 0 Å². The lowest BCUT2D eigenvalue weighted by Crippen LogP contribution is -2.98. The number of benzene rings is 1. The normalized spacial score (nSPS) is 15.1. The van der Waals surface area contributed by atoms with Crippen LogP contribution in [0.4, 0.5) is 15.9 Å². The SMILES string of the molecule is CC.CCc1cnc2c(c1)C(C(=O)c1c(O)ccc(NS(C)(=O)=O)c1F)=C[NH+]2C. The van der Waals surface area contributed by atoms with E-state index in [2.05, 4.69) is 4.98 Å². The van der Waals surface area contributed by atoms with Gasteiger partial charge in [0.1, 0.15) is 17.5 Å². The third-order valence-corrected chi connectivity index (χ3v) is 4.85. The fraction of sp³-hybridized carbons (Fsp3) is 0.300. The Bertz CT molecular complexity index is 1080. The number of nitrogens with one attached hydrogen (secondary N) is 2. The highest BCUT2D eigenvalue weighted by Crippen LogP contribution is 2.34. The minimum absolute atomic E-state index is 0.205. The maximum atomic E-state index is 14.8. The van der Waals surface area contributed by atoms with Gasteiger partial charge in [0, 0.05) is 6.20 Å². The number of ketones is 1. The first-order valence-corrected chi connectivity index (χ1v) is 11.1. The average Bonchev–Trinajstić information content (AvgIpc) is 3.01. The zero-order chi connectivity index (χ0) is 21.9. The first-order chi connectivity index (χ1) is 13.6. The number of rotatable bonds is 5. The van der Waals surface area contributed by atoms with E-state index in [0.29, 0.717) is 17.8 Å². The smallest absolute Gasteiger partial charge is 0.238 e. The van der Waals surface area contributed by atoms with E-state index in [4.69, 9.17) is 0 Å². The maximum absolute atomic E-state index is 14.8. The Morgan fingerprint density at radius 2 is 1.97 bits per heavy atom. The Hall–Kier alpha value is -2.78. The summed E-state index contributed by atoms with van der Waals surface area (Å²) in [6.07, 6.45) is 4.90. The molecule has 3 rings (SSSR count). The number of hydrogen-bond donors (Lipinski definition) is 3. The van der Waals surface area contributed by atoms with Gasteiger partial charge in [-0.05, 0) is 30.2 Å². The second-order valence-electron chi connectivity index (χ2n) is 6.36. The predicted octanol–water partition coefficient (Wildman–Crippen LogP) is 2.27. The molecule has 0 amide bonds. The Kier molecular flexibility index (Phi) is 6.76. The van der Waals surface area contributed by atoms with Crippen LogP contribution in [-0.4, -0.2) is 37.6 Å². The van der Waals surface area contributed by atoms with Gasteiger partial charge in [0.25, 0.3) is 0 Å². The number of quaternary nitrogens is 1. The number of phenols is 1. The number of anilines is 1. The largest absolute Gasteiger partial charge is 0.507 e. The van der Waals surface area contributed by atoms with Gasteiger partial charge in [-0.1, -0.05) is 20.8 Å². The number of hydrogen-bond acceptors (Lipinski definition) is 5. The molecule has 0 fully saturated rings. The van der Waals surface area contributed by atoms with Crippen LogP contribution in [0.1, 0.15) is 42.3 Å². The summed E-state index contributed by atoms with van der Waals surface area (Å²) in [7, 11) is -1.96. The molecule has 2 heterocycles. The van der Waals surface area contributed by atoms with E-state index < -0.39 is 38.6 Å². The van der Waals surface area contributed by atoms with Gasteiger partial charge >= 0.3 is 0 Å². The summed E-state index contributed by atoms with van der Waals surface area (Å²) in [6, 6.07) is 3.96. The van der Waals surface area contributed by atoms with E-state index in [1.54, 1.807) is 19.4 Å². The minimum atomic E-state index is -3.75. The number of fused-ring (bicyclic) bond motifs is 1. The monoisotopic (exact) mass is 422 g/mol. The Morgan fingerprint density at radius 1 is 1.31 bits per heavy atom. The number of halogens is 1. The molecule has 1 aromatic carbocycles. The van der Waals surface area contributed by atoms with Gasteiger partial charge in [-0.2, -0.15) is 0 Å². The fourth-order valence-electron chi connectivity index (χ4n) is 2.97. The van der Waals surface area contributed by atoms with Gasteiger partial charge in [0.05, 0.1) is 30.1 Å². The summed E-state index contributed by atoms with van der Waals surface area (Å²) in [5.74, 6) is -1.81. The number of aromatic nitrogens is 1. The Morgan fingerprint density at radius 3 is 2.55 bits per heavy atom. The summed E-state index contributed by atoms with van der Waals surface area (Å²) >= 11 is 0. The molecule has 0 aliphatic carbocycles. The molecule has 1 atom stereocenters. The van der Waals surface area contributed by atoms with Gasteiger partial charge in [0.15, 0.2) is 5.82 Å². The zero-order valence-electron chi connectivity index (χ0n) is 17.0. The summed E-state index contributed by atoms with van der Waals surface area (Å²) in [4.78, 5) is 18.1. The third kappa shape index (κ3) is 4.63. The molecule has 1 unspecified atom stereocenters. The number of aromatic hydroxyl groups is 1. The second-order valence-corrected chi connectivity index (χ2v) is 8.11. The van der Waals surface area contributed by atoms with Crippen LogP contribution in [0.2, 0.25) is 0 Å². The molecule has 2 aromatic rings. The van der Waals surface area contributed by atoms with Crippen molar-refractivity contribution >= 4 is 32.9 Å². The molecule has 29 heavy (non-hydrogen) atoms. The van der Waals surface area contributed by atoms with Crippen molar-refractivity contribution in [3.05, 3.63) is 53.1 Å². The number of nitrogens with zero attached hydrogens (tertiary/aromatic N) is 1. The number of aryl methyl sites for hydroxylation is 1. The van der Waals surface area contributed by atoms with Gasteiger partial charge in [-0.3, -0.25) is 14.4 Å². The van der Waals surface area contributed by atoms with Crippen molar-refractivity contribution in [2.75, 3.05) is 18.0 Å². The summed E-state index contributed by atoms with van der Waals surface area (Å²) in [5, 5.41) is 10.1. The molecule has 3 N–H and O–H groups in total. The lowest BCUT2D eigenvalue weighted by atomic mass is 9.96. The summed E-state index contributed by atoms with van der Waals surface area (Å²) in [5.41, 5.74) is 0.698. The van der Waals surface area contributed by atoms with Crippen LogP contribution in [-0.2, 0) is 16.4 Å². The maximum Gasteiger partial charge on any atom is 0.238 e. The van der Waals surface area contributed by atoms with Crippen molar-refractivity contribution in [1.29, 1.82) is 0 Å². The van der Waals surface area contributed by atoms with Crippen LogP contribution in [0.5, 0.6) is 5.75 Å². The van der Waals surface area contributed by atoms with E-state index in [0.717, 1.165) is 28.9 Å². The van der Waals surface area contributed by atoms with Crippen molar-refractivity contribution in [2.24, 2.45) is 0 Å². The van der Waals surface area contributed by atoms with Crippen LogP contribution in [0.15, 0.2) is 30.6 Å². The van der Waals surface area contributed by atoms with E-state index >= 15 is 0 Å². The number of Topliss-reactive ketones (excluding diaryl/α,β-unsaturated/α-hetero) is 1. The van der Waals surface area contributed by atoms with Crippen LogP contribution in [0.25, 0.3) is 5.57 Å². The number of carbonyl (C=O) groups excluding carboxylic acids is 1. The molecule has 1 aliphatic heterocycles. The van der Waals surface area contributed by atoms with Crippen molar-refractivity contribution < 1.29 is 27.6 Å². The number of allylic oxidation sites excluding steroid dienone is 1. The van der Waals surface area contributed by atoms with E-state index in [1.807, 2.05) is 31.6 Å². The molecule has 7 nitrogen and oxygen atoms in total. The van der Waals surface area contributed by atoms with Crippen LogP contribution in [0.3, 0.4) is 0 Å². The lowest BCUT2D eigenvalue weighted by molar-refractivity contribution is -0.749. The van der Waals surface area contributed by atoms with E-state index in [-0.39, 0.29) is 5.57 Å². The number of carbonyl (C=O) groups is 1. The summed E-state index contributed by atoms with van der Waals surface area (Å²) < 4.78 is 39.6. The molecule has 0 bridgehead atoms. The standard InChI is InChI=1S/C18H18FN3O4S.C2H6/c1-4-10-7-11-12(9-22(2)18(11)20-8-10)17(24)15-14(23)6-5-13(16(15)19)21-27(3,25)26;1-2/h5-9,21,23H,4H2,1-3H3;1-2H3/p+1. The highest BCUT2D eigenvalue weighted by atomic mass is 32.2. The Balaban J connectivity index is 0.00000145.